The number of unbranched alkanes of at least 4 members (excludes halogenated alkanes) is 2. The molecule has 1 aromatic carbocycles. The number of likely N-dealkylation sites (N-methyl/N-ethyl adjacent to an activating group) is 1. The first-order valence-electron chi connectivity index (χ1n) is 7.30. The molecular formula is C16H27ClN2O2. The Kier molecular flexibility index (Phi) is 9.84. The highest BCUT2D eigenvalue weighted by molar-refractivity contribution is 5.94. The Labute approximate surface area is 134 Å². The van der Waals surface area contributed by atoms with Crippen molar-refractivity contribution in [3.05, 3.63) is 29.8 Å². The second-order valence-electron chi connectivity index (χ2n) is 5.08. The van der Waals surface area contributed by atoms with Gasteiger partial charge in [0, 0.05) is 25.2 Å². The maximum atomic E-state index is 12.2. The lowest BCUT2D eigenvalue weighted by Gasteiger charge is -2.23. The van der Waals surface area contributed by atoms with Crippen molar-refractivity contribution in [2.24, 2.45) is 5.73 Å². The summed E-state index contributed by atoms with van der Waals surface area (Å²) in [6.07, 6.45) is 3.43. The summed E-state index contributed by atoms with van der Waals surface area (Å²) >= 11 is 0. The first-order valence-corrected chi connectivity index (χ1v) is 7.30. The molecule has 0 radical (unpaired) electrons. The minimum Gasteiger partial charge on any atom is -0.494 e. The maximum Gasteiger partial charge on any atom is 0.253 e. The van der Waals surface area contributed by atoms with Crippen molar-refractivity contribution in [1.82, 2.24) is 4.90 Å². The molecule has 2 N–H and O–H groups in total. The Balaban J connectivity index is 0.00000400. The van der Waals surface area contributed by atoms with Gasteiger partial charge in [-0.3, -0.25) is 4.79 Å². The van der Waals surface area contributed by atoms with E-state index in [4.69, 9.17) is 10.5 Å². The summed E-state index contributed by atoms with van der Waals surface area (Å²) in [6, 6.07) is 7.34. The fourth-order valence-corrected chi connectivity index (χ4v) is 1.80. The molecule has 0 saturated heterocycles. The van der Waals surface area contributed by atoms with Gasteiger partial charge in [-0.05, 0) is 37.6 Å². The average molecular weight is 315 g/mol. The number of hydrogen-bond acceptors (Lipinski definition) is 3. The highest BCUT2D eigenvalue weighted by Crippen LogP contribution is 2.14. The molecule has 0 spiro atoms. The van der Waals surface area contributed by atoms with E-state index in [1.165, 1.54) is 12.8 Å². The lowest BCUT2D eigenvalue weighted by molar-refractivity contribution is 0.0748. The molecule has 5 heteroatoms. The van der Waals surface area contributed by atoms with Crippen molar-refractivity contribution < 1.29 is 9.53 Å². The van der Waals surface area contributed by atoms with Crippen LogP contribution in [-0.2, 0) is 0 Å². The summed E-state index contributed by atoms with van der Waals surface area (Å²) in [4.78, 5) is 13.8. The Morgan fingerprint density at radius 3 is 2.43 bits per heavy atom. The number of carbonyl (C=O) groups excluding carboxylic acids is 1. The predicted molar refractivity (Wildman–Crippen MR) is 89.3 cm³/mol. The first-order chi connectivity index (χ1) is 9.60. The van der Waals surface area contributed by atoms with Crippen molar-refractivity contribution in [1.29, 1.82) is 0 Å². The fourth-order valence-electron chi connectivity index (χ4n) is 1.80. The van der Waals surface area contributed by atoms with E-state index in [0.29, 0.717) is 12.1 Å². The summed E-state index contributed by atoms with van der Waals surface area (Å²) < 4.78 is 5.63. The summed E-state index contributed by atoms with van der Waals surface area (Å²) in [6.45, 7) is 5.29. The molecule has 0 aromatic heterocycles. The van der Waals surface area contributed by atoms with Gasteiger partial charge in [-0.2, -0.15) is 0 Å². The van der Waals surface area contributed by atoms with E-state index < -0.39 is 0 Å². The molecule has 0 aliphatic heterocycles. The Bertz CT molecular complexity index is 409. The van der Waals surface area contributed by atoms with Crippen LogP contribution < -0.4 is 10.5 Å². The minimum atomic E-state index is -0.0134. The summed E-state index contributed by atoms with van der Waals surface area (Å²) in [5.41, 5.74) is 6.24. The number of benzene rings is 1. The number of rotatable bonds is 8. The molecular weight excluding hydrogens is 288 g/mol. The van der Waals surface area contributed by atoms with Crippen molar-refractivity contribution in [3.8, 4) is 5.75 Å². The average Bonchev–Trinajstić information content (AvgIpc) is 2.50. The zero-order valence-electron chi connectivity index (χ0n) is 13.2. The summed E-state index contributed by atoms with van der Waals surface area (Å²) in [7, 11) is 1.77. The Morgan fingerprint density at radius 2 is 1.90 bits per heavy atom. The second-order valence-corrected chi connectivity index (χ2v) is 5.08. The van der Waals surface area contributed by atoms with Crippen LogP contribution in [0.4, 0.5) is 0 Å². The molecule has 0 aliphatic rings. The van der Waals surface area contributed by atoms with E-state index >= 15 is 0 Å². The molecule has 1 aromatic rings. The zero-order valence-corrected chi connectivity index (χ0v) is 14.0. The van der Waals surface area contributed by atoms with E-state index in [1.807, 2.05) is 19.1 Å². The van der Waals surface area contributed by atoms with Crippen LogP contribution in [-0.4, -0.2) is 37.0 Å². The van der Waals surface area contributed by atoms with E-state index in [9.17, 15) is 4.79 Å². The van der Waals surface area contributed by atoms with Crippen molar-refractivity contribution in [2.45, 2.75) is 39.2 Å². The van der Waals surface area contributed by atoms with E-state index in [1.54, 1.807) is 24.1 Å². The van der Waals surface area contributed by atoms with Crippen LogP contribution >= 0.6 is 12.4 Å². The molecule has 1 rings (SSSR count). The van der Waals surface area contributed by atoms with Gasteiger partial charge in [0.05, 0.1) is 6.61 Å². The van der Waals surface area contributed by atoms with Crippen LogP contribution in [0.2, 0.25) is 0 Å². The third-order valence-corrected chi connectivity index (χ3v) is 3.44. The molecule has 21 heavy (non-hydrogen) atoms. The van der Waals surface area contributed by atoms with Crippen LogP contribution in [0.3, 0.4) is 0 Å². The smallest absolute Gasteiger partial charge is 0.253 e. The molecule has 1 unspecified atom stereocenters. The fraction of sp³-hybridized carbons (Fsp3) is 0.562. The monoisotopic (exact) mass is 314 g/mol. The third-order valence-electron chi connectivity index (χ3n) is 3.44. The highest BCUT2D eigenvalue weighted by Gasteiger charge is 2.16. The second kappa shape index (κ2) is 10.5. The van der Waals surface area contributed by atoms with Crippen molar-refractivity contribution in [2.75, 3.05) is 20.2 Å². The number of nitrogens with zero attached hydrogens (tertiary/aromatic N) is 1. The lowest BCUT2D eigenvalue weighted by Crippen LogP contribution is -2.39. The van der Waals surface area contributed by atoms with E-state index in [2.05, 4.69) is 6.92 Å². The van der Waals surface area contributed by atoms with Crippen LogP contribution in [0.25, 0.3) is 0 Å². The van der Waals surface area contributed by atoms with E-state index in [0.717, 1.165) is 18.8 Å². The molecule has 0 fully saturated rings. The number of nitrogens with two attached hydrogens (primary N) is 1. The summed E-state index contributed by atoms with van der Waals surface area (Å²) in [5.74, 6) is 0.799. The minimum absolute atomic E-state index is 0. The first kappa shape index (κ1) is 19.7. The van der Waals surface area contributed by atoms with Crippen LogP contribution in [0, 0.1) is 0 Å². The van der Waals surface area contributed by atoms with Gasteiger partial charge in [0.15, 0.2) is 0 Å². The van der Waals surface area contributed by atoms with Gasteiger partial charge in [-0.1, -0.05) is 19.8 Å². The largest absolute Gasteiger partial charge is 0.494 e. The quantitative estimate of drug-likeness (QED) is 0.750. The van der Waals surface area contributed by atoms with Gasteiger partial charge in [0.25, 0.3) is 5.91 Å². The topological polar surface area (TPSA) is 55.6 Å². The molecule has 0 aliphatic carbocycles. The van der Waals surface area contributed by atoms with Crippen LogP contribution in [0.1, 0.15) is 43.5 Å². The maximum absolute atomic E-state index is 12.2. The van der Waals surface area contributed by atoms with Gasteiger partial charge in [-0.25, -0.2) is 0 Å². The number of halogens is 1. The van der Waals surface area contributed by atoms with Gasteiger partial charge in [0.1, 0.15) is 5.75 Å². The predicted octanol–water partition coefficient (Wildman–Crippen LogP) is 3.10. The molecule has 4 nitrogen and oxygen atoms in total. The molecule has 1 amide bonds. The molecule has 0 saturated carbocycles. The molecule has 120 valence electrons. The normalized spacial score (nSPS) is 11.4. The molecule has 0 bridgehead atoms. The van der Waals surface area contributed by atoms with Crippen LogP contribution in [0.15, 0.2) is 24.3 Å². The van der Waals surface area contributed by atoms with Gasteiger partial charge >= 0.3 is 0 Å². The Hall–Kier alpha value is -1.26. The Morgan fingerprint density at radius 1 is 1.29 bits per heavy atom. The van der Waals surface area contributed by atoms with Crippen LogP contribution in [0.5, 0.6) is 5.75 Å². The zero-order chi connectivity index (χ0) is 15.0. The summed E-state index contributed by atoms with van der Waals surface area (Å²) in [5, 5.41) is 0. The number of amides is 1. The molecule has 1 atom stereocenters. The van der Waals surface area contributed by atoms with Gasteiger partial charge in [-0.15, -0.1) is 12.4 Å². The lowest BCUT2D eigenvalue weighted by atomic mass is 10.1. The van der Waals surface area contributed by atoms with Crippen molar-refractivity contribution >= 4 is 18.3 Å². The standard InChI is InChI=1S/C16H26N2O2.ClH/c1-4-5-6-11-20-15-9-7-14(8-10-15)16(19)18(3)13(2)12-17;/h7-10,13H,4-6,11-12,17H2,1-3H3;1H. The SMILES string of the molecule is CCCCCOc1ccc(C(=O)N(C)C(C)CN)cc1.Cl. The third kappa shape index (κ3) is 6.36. The highest BCUT2D eigenvalue weighted by atomic mass is 35.5. The van der Waals surface area contributed by atoms with Crippen molar-refractivity contribution in [3.63, 3.8) is 0 Å². The number of ether oxygens (including phenoxy) is 1. The van der Waals surface area contributed by atoms with Gasteiger partial charge < -0.3 is 15.4 Å². The van der Waals surface area contributed by atoms with Gasteiger partial charge in [0.2, 0.25) is 0 Å². The molecule has 0 heterocycles. The number of carbonyl (C=O) groups is 1. The number of hydrogen-bond donors (Lipinski definition) is 1. The van der Waals surface area contributed by atoms with E-state index in [-0.39, 0.29) is 24.4 Å².